The van der Waals surface area contributed by atoms with Gasteiger partial charge in [-0.25, -0.2) is 4.52 Å². The van der Waals surface area contributed by atoms with Crippen LogP contribution in [-0.2, 0) is 0 Å². The molecule has 0 saturated carbocycles. The number of pyridine rings is 2. The zero-order valence-electron chi connectivity index (χ0n) is 17.2. The normalized spacial score (nSPS) is 11.8. The fraction of sp³-hybridized carbons (Fsp3) is 0. The second kappa shape index (κ2) is 6.53. The quantitative estimate of drug-likeness (QED) is 0.320. The molecule has 0 aliphatic carbocycles. The van der Waals surface area contributed by atoms with Crippen molar-refractivity contribution >= 4 is 38.2 Å². The number of rotatable bonds is 2. The predicted molar refractivity (Wildman–Crippen MR) is 130 cm³/mol. The maximum Gasteiger partial charge on any atom is 0.0763 e. The minimum absolute atomic E-state index is 0.916. The summed E-state index contributed by atoms with van der Waals surface area (Å²) in [7, 11) is 0. The molecule has 0 bridgehead atoms. The zero-order valence-corrected chi connectivity index (χ0v) is 17.2. The molecule has 3 aromatic carbocycles. The Kier molecular flexibility index (Phi) is 3.52. The van der Waals surface area contributed by atoms with Gasteiger partial charge in [0.1, 0.15) is 0 Å². The number of fused-ring (bicyclic) bond motifs is 6. The lowest BCUT2D eigenvalue weighted by Gasteiger charge is -2.08. The number of benzene rings is 3. The summed E-state index contributed by atoms with van der Waals surface area (Å²) in [5.41, 5.74) is 7.52. The Labute approximate surface area is 184 Å². The average Bonchev–Trinajstić information content (AvgIpc) is 3.44. The first kappa shape index (κ1) is 17.3. The third-order valence-electron chi connectivity index (χ3n) is 6.25. The Hall–Kier alpha value is -4.44. The van der Waals surface area contributed by atoms with Crippen molar-refractivity contribution in [3.8, 4) is 16.9 Å². The van der Waals surface area contributed by atoms with Crippen molar-refractivity contribution in [1.82, 2.24) is 19.2 Å². The van der Waals surface area contributed by atoms with E-state index in [1.54, 1.807) is 0 Å². The van der Waals surface area contributed by atoms with Gasteiger partial charge in [-0.05, 0) is 36.4 Å². The smallest absolute Gasteiger partial charge is 0.0763 e. The van der Waals surface area contributed by atoms with E-state index in [1.807, 2.05) is 29.0 Å². The van der Waals surface area contributed by atoms with Crippen LogP contribution in [0.15, 0.2) is 109 Å². The van der Waals surface area contributed by atoms with Gasteiger partial charge in [-0.15, -0.1) is 0 Å². The van der Waals surface area contributed by atoms with Gasteiger partial charge in [0.2, 0.25) is 0 Å². The molecule has 0 radical (unpaired) electrons. The van der Waals surface area contributed by atoms with Crippen molar-refractivity contribution in [2.24, 2.45) is 0 Å². The first-order valence-electron chi connectivity index (χ1n) is 10.7. The molecular formula is C28H18N4. The van der Waals surface area contributed by atoms with Crippen LogP contribution in [0.4, 0.5) is 0 Å². The van der Waals surface area contributed by atoms with E-state index in [0.29, 0.717) is 0 Å². The van der Waals surface area contributed by atoms with Gasteiger partial charge in [-0.3, -0.25) is 4.98 Å². The minimum Gasteiger partial charge on any atom is -0.308 e. The molecule has 0 N–H and O–H groups in total. The highest BCUT2D eigenvalue weighted by molar-refractivity contribution is 6.09. The Balaban J connectivity index is 1.40. The van der Waals surface area contributed by atoms with E-state index in [1.165, 1.54) is 27.2 Å². The summed E-state index contributed by atoms with van der Waals surface area (Å²) in [6.07, 6.45) is 3.86. The summed E-state index contributed by atoms with van der Waals surface area (Å²) < 4.78 is 4.28. The first-order chi connectivity index (χ1) is 15.9. The highest BCUT2D eigenvalue weighted by atomic mass is 15.2. The number of para-hydroxylation sites is 3. The fourth-order valence-electron chi connectivity index (χ4n) is 4.78. The van der Waals surface area contributed by atoms with Crippen LogP contribution in [0, 0.1) is 0 Å². The summed E-state index contributed by atoms with van der Waals surface area (Å²) in [5.74, 6) is 0. The van der Waals surface area contributed by atoms with Crippen molar-refractivity contribution in [2.75, 3.05) is 0 Å². The number of nitrogens with zero attached hydrogens (tertiary/aromatic N) is 4. The Morgan fingerprint density at radius 2 is 1.22 bits per heavy atom. The van der Waals surface area contributed by atoms with Gasteiger partial charge < -0.3 is 4.57 Å². The Bertz CT molecular complexity index is 1720. The van der Waals surface area contributed by atoms with Gasteiger partial charge in [0.25, 0.3) is 0 Å². The van der Waals surface area contributed by atoms with E-state index in [0.717, 1.165) is 28.0 Å². The first-order valence-corrected chi connectivity index (χ1v) is 10.7. The molecular weight excluding hydrogens is 392 g/mol. The second-order valence-electron chi connectivity index (χ2n) is 8.02. The van der Waals surface area contributed by atoms with Crippen LogP contribution in [0.3, 0.4) is 0 Å². The van der Waals surface area contributed by atoms with Gasteiger partial charge in [-0.1, -0.05) is 60.7 Å². The Morgan fingerprint density at radius 1 is 0.531 bits per heavy atom. The molecule has 0 fully saturated rings. The van der Waals surface area contributed by atoms with E-state index in [2.05, 4.69) is 94.6 Å². The molecule has 0 unspecified atom stereocenters. The number of hydrogen-bond donors (Lipinski definition) is 0. The molecule has 0 amide bonds. The van der Waals surface area contributed by atoms with E-state index >= 15 is 0 Å². The molecule has 4 aromatic heterocycles. The fourth-order valence-corrected chi connectivity index (χ4v) is 4.78. The molecule has 0 spiro atoms. The van der Waals surface area contributed by atoms with E-state index < -0.39 is 0 Å². The number of hydrogen-bond acceptors (Lipinski definition) is 2. The third kappa shape index (κ3) is 2.38. The van der Waals surface area contributed by atoms with Gasteiger partial charge in [0.15, 0.2) is 0 Å². The molecule has 4 nitrogen and oxygen atoms in total. The molecule has 7 rings (SSSR count). The highest BCUT2D eigenvalue weighted by Crippen LogP contribution is 2.32. The third-order valence-corrected chi connectivity index (χ3v) is 6.25. The van der Waals surface area contributed by atoms with Crippen LogP contribution in [0.5, 0.6) is 0 Å². The highest BCUT2D eigenvalue weighted by Gasteiger charge is 2.13. The molecule has 0 saturated heterocycles. The topological polar surface area (TPSA) is 35.1 Å². The van der Waals surface area contributed by atoms with Crippen molar-refractivity contribution < 1.29 is 0 Å². The van der Waals surface area contributed by atoms with Crippen LogP contribution >= 0.6 is 0 Å². The monoisotopic (exact) mass is 410 g/mol. The molecule has 32 heavy (non-hydrogen) atoms. The zero-order chi connectivity index (χ0) is 21.1. The summed E-state index contributed by atoms with van der Waals surface area (Å²) in [4.78, 5) is 4.85. The second-order valence-corrected chi connectivity index (χ2v) is 8.02. The van der Waals surface area contributed by atoms with Crippen LogP contribution in [0.1, 0.15) is 0 Å². The number of aromatic nitrogens is 4. The molecule has 4 heteroatoms. The molecule has 4 heterocycles. The lowest BCUT2D eigenvalue weighted by molar-refractivity contribution is 1.00. The van der Waals surface area contributed by atoms with Gasteiger partial charge in [0, 0.05) is 21.7 Å². The lowest BCUT2D eigenvalue weighted by atomic mass is 10.1. The van der Waals surface area contributed by atoms with Crippen molar-refractivity contribution in [1.29, 1.82) is 0 Å². The lowest BCUT2D eigenvalue weighted by Crippen LogP contribution is -1.95. The SMILES string of the molecule is c1ccc2c(c1)ccc1c(-c3ccc(-n4c5ccccc5c5ccccc54)cn3)cnn12. The summed E-state index contributed by atoms with van der Waals surface area (Å²) in [6.45, 7) is 0. The van der Waals surface area contributed by atoms with Crippen molar-refractivity contribution in [2.45, 2.75) is 0 Å². The minimum atomic E-state index is 0.916. The van der Waals surface area contributed by atoms with Gasteiger partial charge in [-0.2, -0.15) is 5.10 Å². The molecule has 0 aliphatic rings. The van der Waals surface area contributed by atoms with E-state index in [4.69, 9.17) is 4.98 Å². The van der Waals surface area contributed by atoms with E-state index in [-0.39, 0.29) is 0 Å². The van der Waals surface area contributed by atoms with Gasteiger partial charge >= 0.3 is 0 Å². The van der Waals surface area contributed by atoms with Crippen molar-refractivity contribution in [3.05, 3.63) is 109 Å². The maximum atomic E-state index is 4.85. The molecule has 0 aliphatic heterocycles. The van der Waals surface area contributed by atoms with Crippen LogP contribution in [-0.4, -0.2) is 19.2 Å². The average molecular weight is 410 g/mol. The Morgan fingerprint density at radius 3 is 1.94 bits per heavy atom. The largest absolute Gasteiger partial charge is 0.308 e. The molecule has 0 atom stereocenters. The maximum absolute atomic E-state index is 4.85. The van der Waals surface area contributed by atoms with Crippen LogP contribution in [0.25, 0.3) is 55.2 Å². The standard InChI is InChI=1S/C28H18N4/c1-4-10-25-19(7-1)13-16-28-23(18-30-32(25)28)24-15-14-20(17-29-24)31-26-11-5-2-8-21(26)22-9-3-6-12-27(22)31/h1-18H. The van der Waals surface area contributed by atoms with Gasteiger partial charge in [0.05, 0.1) is 45.8 Å². The molecule has 7 aromatic rings. The van der Waals surface area contributed by atoms with Crippen LogP contribution < -0.4 is 0 Å². The summed E-state index contributed by atoms with van der Waals surface area (Å²) in [5, 5.41) is 8.32. The van der Waals surface area contributed by atoms with Crippen LogP contribution in [0.2, 0.25) is 0 Å². The van der Waals surface area contributed by atoms with E-state index in [9.17, 15) is 0 Å². The molecule has 150 valence electrons. The predicted octanol–water partition coefficient (Wildman–Crippen LogP) is 6.65. The summed E-state index contributed by atoms with van der Waals surface area (Å²) in [6, 6.07) is 33.8. The van der Waals surface area contributed by atoms with Crippen molar-refractivity contribution in [3.63, 3.8) is 0 Å². The summed E-state index contributed by atoms with van der Waals surface area (Å²) >= 11 is 0.